The van der Waals surface area contributed by atoms with Gasteiger partial charge in [0.2, 0.25) is 17.6 Å². The van der Waals surface area contributed by atoms with Crippen molar-refractivity contribution in [3.8, 4) is 0 Å². The number of carbonyl (C=O) groups excluding carboxylic acids is 2. The second-order valence-electron chi connectivity index (χ2n) is 6.02. The number of alkyl halides is 3. The summed E-state index contributed by atoms with van der Waals surface area (Å²) in [5.41, 5.74) is 0.159. The van der Waals surface area contributed by atoms with Gasteiger partial charge in [-0.3, -0.25) is 9.59 Å². The number of fused-ring (bicyclic) bond motifs is 1. The average Bonchev–Trinajstić information content (AvgIpc) is 3.18. The number of para-hydroxylation sites is 1. The van der Waals surface area contributed by atoms with E-state index in [0.29, 0.717) is 18.5 Å². The first-order valence-electron chi connectivity index (χ1n) is 8.36. The van der Waals surface area contributed by atoms with E-state index in [0.717, 1.165) is 24.6 Å². The summed E-state index contributed by atoms with van der Waals surface area (Å²) in [6.07, 6.45) is -2.76. The van der Waals surface area contributed by atoms with Crippen molar-refractivity contribution in [2.45, 2.75) is 24.0 Å². The number of rotatable bonds is 5. The summed E-state index contributed by atoms with van der Waals surface area (Å²) in [6.45, 7) is 1.27. The van der Waals surface area contributed by atoms with Gasteiger partial charge in [0.25, 0.3) is 0 Å². The smallest absolute Gasteiger partial charge is 0.346 e. The highest BCUT2D eigenvalue weighted by atomic mass is 32.2. The molecule has 2 aromatic rings. The predicted octanol–water partition coefficient (Wildman–Crippen LogP) is 2.48. The van der Waals surface area contributed by atoms with Gasteiger partial charge in [0, 0.05) is 18.5 Å². The monoisotopic (exact) mass is 398 g/mol. The quantitative estimate of drug-likeness (QED) is 0.619. The fourth-order valence-corrected chi connectivity index (χ4v) is 3.57. The van der Waals surface area contributed by atoms with Crippen LogP contribution in [0.2, 0.25) is 0 Å². The van der Waals surface area contributed by atoms with Gasteiger partial charge in [-0.1, -0.05) is 30.0 Å². The molecule has 0 radical (unpaired) electrons. The first-order valence-corrected chi connectivity index (χ1v) is 9.34. The van der Waals surface area contributed by atoms with Crippen LogP contribution in [0.15, 0.2) is 29.3 Å². The Bertz CT molecular complexity index is 854. The summed E-state index contributed by atoms with van der Waals surface area (Å²) in [5.74, 6) is -1.99. The molecule has 10 heteroatoms. The summed E-state index contributed by atoms with van der Waals surface area (Å²) in [7, 11) is 0. The molecule has 1 aromatic carbocycles. The average molecular weight is 398 g/mol. The van der Waals surface area contributed by atoms with E-state index in [4.69, 9.17) is 0 Å². The highest BCUT2D eigenvalue weighted by Gasteiger charge is 2.35. The van der Waals surface area contributed by atoms with Gasteiger partial charge in [0.1, 0.15) is 5.03 Å². The maximum Gasteiger partial charge on any atom is 0.451 e. The van der Waals surface area contributed by atoms with Gasteiger partial charge in [0.05, 0.1) is 17.8 Å². The third kappa shape index (κ3) is 4.88. The summed E-state index contributed by atoms with van der Waals surface area (Å²) in [5, 5.41) is 3.02. The summed E-state index contributed by atoms with van der Waals surface area (Å²) in [4.78, 5) is 32.7. The molecule has 0 atom stereocenters. The van der Waals surface area contributed by atoms with Crippen LogP contribution in [0.5, 0.6) is 0 Å². The molecule has 2 amide bonds. The van der Waals surface area contributed by atoms with Crippen molar-refractivity contribution in [2.75, 3.05) is 25.4 Å². The van der Waals surface area contributed by atoms with Crippen molar-refractivity contribution in [3.05, 3.63) is 30.1 Å². The topological polar surface area (TPSA) is 75.2 Å². The van der Waals surface area contributed by atoms with Gasteiger partial charge >= 0.3 is 6.18 Å². The van der Waals surface area contributed by atoms with Crippen molar-refractivity contribution in [3.63, 3.8) is 0 Å². The molecule has 1 fully saturated rings. The van der Waals surface area contributed by atoms with E-state index in [1.54, 1.807) is 23.1 Å². The third-order valence-corrected chi connectivity index (χ3v) is 5.05. The minimum atomic E-state index is -4.68. The molecule has 1 aliphatic heterocycles. The van der Waals surface area contributed by atoms with Crippen molar-refractivity contribution in [1.29, 1.82) is 0 Å². The van der Waals surface area contributed by atoms with Gasteiger partial charge in [-0.05, 0) is 18.9 Å². The van der Waals surface area contributed by atoms with Crippen LogP contribution < -0.4 is 5.32 Å². The molecule has 0 aliphatic carbocycles. The van der Waals surface area contributed by atoms with Crippen LogP contribution >= 0.6 is 11.8 Å². The summed E-state index contributed by atoms with van der Waals surface area (Å²) < 4.78 is 39.0. The molecule has 1 aromatic heterocycles. The lowest BCUT2D eigenvalue weighted by Crippen LogP contribution is -2.39. The van der Waals surface area contributed by atoms with Crippen LogP contribution in [0.25, 0.3) is 10.9 Å². The number of nitrogens with one attached hydrogen (secondary N) is 1. The van der Waals surface area contributed by atoms with E-state index in [2.05, 4.69) is 15.3 Å². The van der Waals surface area contributed by atoms with E-state index in [1.807, 2.05) is 0 Å². The van der Waals surface area contributed by atoms with Crippen LogP contribution in [0.3, 0.4) is 0 Å². The zero-order valence-corrected chi connectivity index (χ0v) is 15.1. The number of hydrogen-bond acceptors (Lipinski definition) is 5. The van der Waals surface area contributed by atoms with Crippen molar-refractivity contribution >= 4 is 34.5 Å². The Morgan fingerprint density at radius 1 is 1.15 bits per heavy atom. The molecule has 0 unspecified atom stereocenters. The van der Waals surface area contributed by atoms with E-state index < -0.39 is 17.9 Å². The van der Waals surface area contributed by atoms with Gasteiger partial charge in [-0.15, -0.1) is 0 Å². The van der Waals surface area contributed by atoms with Crippen molar-refractivity contribution in [1.82, 2.24) is 20.2 Å². The molecule has 1 saturated heterocycles. The fraction of sp³-hybridized carbons (Fsp3) is 0.412. The summed E-state index contributed by atoms with van der Waals surface area (Å²) >= 11 is 0.884. The van der Waals surface area contributed by atoms with Crippen LogP contribution in [0.4, 0.5) is 13.2 Å². The Kier molecular flexibility index (Phi) is 5.83. The Balaban J connectivity index is 1.65. The lowest BCUT2D eigenvalue weighted by Gasteiger charge is -2.15. The van der Waals surface area contributed by atoms with Gasteiger partial charge in [-0.25, -0.2) is 9.97 Å². The molecule has 0 saturated carbocycles. The number of aromatic nitrogens is 2. The molecule has 2 heterocycles. The van der Waals surface area contributed by atoms with Crippen LogP contribution in [0, 0.1) is 0 Å². The number of hydrogen-bond donors (Lipinski definition) is 1. The van der Waals surface area contributed by atoms with Crippen LogP contribution in [-0.2, 0) is 15.8 Å². The molecular formula is C17H17F3N4O2S. The summed E-state index contributed by atoms with van der Waals surface area (Å²) in [6, 6.07) is 6.32. The molecule has 1 aliphatic rings. The second-order valence-corrected chi connectivity index (χ2v) is 6.98. The number of amides is 2. The number of halogens is 3. The fourth-order valence-electron chi connectivity index (χ4n) is 2.72. The number of benzene rings is 1. The normalized spacial score (nSPS) is 14.6. The number of carbonyl (C=O) groups is 2. The van der Waals surface area contributed by atoms with Crippen molar-refractivity contribution < 1.29 is 22.8 Å². The molecule has 3 rings (SSSR count). The Morgan fingerprint density at radius 2 is 1.85 bits per heavy atom. The minimum absolute atomic E-state index is 0.0777. The molecule has 1 N–H and O–H groups in total. The number of likely N-dealkylation sites (tertiary alicyclic amines) is 1. The maximum absolute atomic E-state index is 13.0. The Hall–Kier alpha value is -2.36. The Morgan fingerprint density at radius 3 is 2.56 bits per heavy atom. The zero-order valence-electron chi connectivity index (χ0n) is 14.3. The van der Waals surface area contributed by atoms with Crippen LogP contribution in [-0.4, -0.2) is 52.1 Å². The van der Waals surface area contributed by atoms with E-state index in [1.165, 1.54) is 6.07 Å². The molecule has 6 nitrogen and oxygen atoms in total. The number of nitrogens with zero attached hydrogens (tertiary/aromatic N) is 3. The highest BCUT2D eigenvalue weighted by Crippen LogP contribution is 2.31. The minimum Gasteiger partial charge on any atom is -0.346 e. The van der Waals surface area contributed by atoms with Gasteiger partial charge in [-0.2, -0.15) is 13.2 Å². The Labute approximate surface area is 157 Å². The zero-order chi connectivity index (χ0) is 19.4. The SMILES string of the molecule is O=C(CSc1nc(C(F)(F)F)nc2ccccc12)NCC(=O)N1CCCC1. The van der Waals surface area contributed by atoms with E-state index >= 15 is 0 Å². The maximum atomic E-state index is 13.0. The van der Waals surface area contributed by atoms with Gasteiger partial charge < -0.3 is 10.2 Å². The first-order chi connectivity index (χ1) is 12.8. The molecule has 0 bridgehead atoms. The molecule has 0 spiro atoms. The predicted molar refractivity (Wildman–Crippen MR) is 94.1 cm³/mol. The third-order valence-electron chi connectivity index (χ3n) is 4.06. The van der Waals surface area contributed by atoms with E-state index in [9.17, 15) is 22.8 Å². The highest BCUT2D eigenvalue weighted by molar-refractivity contribution is 8.00. The van der Waals surface area contributed by atoms with E-state index in [-0.39, 0.29) is 28.7 Å². The van der Waals surface area contributed by atoms with Crippen LogP contribution in [0.1, 0.15) is 18.7 Å². The first kappa shape index (κ1) is 19.4. The molecule has 144 valence electrons. The lowest BCUT2D eigenvalue weighted by atomic mass is 10.2. The second kappa shape index (κ2) is 8.12. The standard InChI is InChI=1S/C17H17F3N4O2S/c18-17(19,20)16-22-12-6-2-1-5-11(12)15(23-16)27-10-13(25)21-9-14(26)24-7-3-4-8-24/h1-2,5-6H,3-4,7-10H2,(H,21,25). The number of thioether (sulfide) groups is 1. The lowest BCUT2D eigenvalue weighted by molar-refractivity contribution is -0.145. The molecule has 27 heavy (non-hydrogen) atoms. The largest absolute Gasteiger partial charge is 0.451 e. The molecular weight excluding hydrogens is 381 g/mol. The van der Waals surface area contributed by atoms with Gasteiger partial charge in [0.15, 0.2) is 0 Å². The van der Waals surface area contributed by atoms with Crippen molar-refractivity contribution in [2.24, 2.45) is 0 Å².